The number of benzene rings is 3. The monoisotopic (exact) mass is 607 g/mol. The molecule has 210 valence electrons. The summed E-state index contributed by atoms with van der Waals surface area (Å²) in [6.45, 7) is 0. The van der Waals surface area contributed by atoms with E-state index in [1.165, 1.54) is 36.5 Å². The van der Waals surface area contributed by atoms with Gasteiger partial charge in [0.15, 0.2) is 10.7 Å². The smallest absolute Gasteiger partial charge is 0.368 e. The van der Waals surface area contributed by atoms with Gasteiger partial charge >= 0.3 is 6.18 Å². The van der Waals surface area contributed by atoms with Gasteiger partial charge in [0.25, 0.3) is 10.0 Å². The van der Waals surface area contributed by atoms with Crippen molar-refractivity contribution in [3.05, 3.63) is 95.9 Å². The number of hydrogen-bond acceptors (Lipinski definition) is 7. The number of anilines is 2. The fraction of sp³-hybridized carbons (Fsp3) is 0.0385. The Bertz CT molecular complexity index is 1860. The molecule has 2 aromatic heterocycles. The third-order valence-electron chi connectivity index (χ3n) is 5.68. The maximum Gasteiger partial charge on any atom is 0.416 e. The van der Waals surface area contributed by atoms with Crippen molar-refractivity contribution in [2.24, 2.45) is 0 Å². The summed E-state index contributed by atoms with van der Waals surface area (Å²) in [5.74, 6) is -4.01. The number of thiazole rings is 1. The summed E-state index contributed by atoms with van der Waals surface area (Å²) in [7, 11) is -4.90. The molecule has 3 aromatic carbocycles. The van der Waals surface area contributed by atoms with Gasteiger partial charge in [-0.3, -0.25) is 4.72 Å². The molecular formula is C26H15F6N5O2S2. The molecule has 7 nitrogen and oxygen atoms in total. The van der Waals surface area contributed by atoms with Crippen molar-refractivity contribution < 1.29 is 34.8 Å². The first kappa shape index (κ1) is 28.0. The van der Waals surface area contributed by atoms with Crippen LogP contribution in [0.1, 0.15) is 5.56 Å². The molecule has 0 bridgehead atoms. The number of rotatable bonds is 6. The van der Waals surface area contributed by atoms with Crippen LogP contribution in [-0.2, 0) is 16.2 Å². The lowest BCUT2D eigenvalue weighted by molar-refractivity contribution is -0.137. The van der Waals surface area contributed by atoms with Crippen LogP contribution in [0.25, 0.3) is 32.4 Å². The molecule has 0 aliphatic heterocycles. The van der Waals surface area contributed by atoms with Crippen LogP contribution in [0.2, 0.25) is 0 Å². The van der Waals surface area contributed by atoms with Crippen LogP contribution in [0.5, 0.6) is 0 Å². The van der Waals surface area contributed by atoms with Crippen LogP contribution in [0.3, 0.4) is 0 Å². The molecule has 2 heterocycles. The van der Waals surface area contributed by atoms with E-state index in [-0.39, 0.29) is 38.3 Å². The molecule has 0 radical (unpaired) electrons. The molecule has 0 unspecified atom stereocenters. The first-order chi connectivity index (χ1) is 19.3. The number of halogens is 6. The average Bonchev–Trinajstić information content (AvgIpc) is 3.34. The minimum atomic E-state index is -4.90. The van der Waals surface area contributed by atoms with E-state index in [4.69, 9.17) is 5.73 Å². The maximum absolute atomic E-state index is 15.8. The number of nitrogens with zero attached hydrogens (tertiary/aromatic N) is 3. The number of hydrogen-bond donors (Lipinski definition) is 2. The van der Waals surface area contributed by atoms with Crippen molar-refractivity contribution in [2.45, 2.75) is 11.1 Å². The lowest BCUT2D eigenvalue weighted by atomic mass is 10.1. The Morgan fingerprint density at radius 2 is 1.51 bits per heavy atom. The first-order valence-electron chi connectivity index (χ1n) is 11.4. The second kappa shape index (κ2) is 10.5. The quantitative estimate of drug-likeness (QED) is 0.207. The largest absolute Gasteiger partial charge is 0.416 e. The highest BCUT2D eigenvalue weighted by Gasteiger charge is 2.31. The van der Waals surface area contributed by atoms with E-state index in [9.17, 15) is 30.4 Å². The van der Waals surface area contributed by atoms with Crippen LogP contribution < -0.4 is 10.5 Å². The summed E-state index contributed by atoms with van der Waals surface area (Å²) in [6, 6.07) is 11.6. The van der Waals surface area contributed by atoms with Crippen LogP contribution in [0.4, 0.5) is 38.0 Å². The standard InChI is InChI=1S/C26H15F6N5O2S2/c27-16-4-2-5-17(28)23(16)41(38,39)37-18-6-1-3-15(20(18)29)21-22(19-11-12-34-25(33)35-19)40-24(36-21)13-7-9-14(10-8-13)26(30,31)32/h1-12,37H,(H2,33,34,35). The van der Waals surface area contributed by atoms with Gasteiger partial charge in [-0.1, -0.05) is 24.3 Å². The molecule has 15 heteroatoms. The van der Waals surface area contributed by atoms with E-state index in [0.717, 1.165) is 47.7 Å². The van der Waals surface area contributed by atoms with Crippen molar-refractivity contribution in [3.8, 4) is 32.4 Å². The summed E-state index contributed by atoms with van der Waals surface area (Å²) in [5.41, 5.74) is 4.41. The van der Waals surface area contributed by atoms with Crippen molar-refractivity contribution in [2.75, 3.05) is 10.5 Å². The number of nitrogens with two attached hydrogens (primary N) is 1. The molecule has 5 rings (SSSR count). The average molecular weight is 608 g/mol. The van der Waals surface area contributed by atoms with Crippen LogP contribution >= 0.6 is 11.3 Å². The lowest BCUT2D eigenvalue weighted by Gasteiger charge is -2.12. The summed E-state index contributed by atoms with van der Waals surface area (Å²) in [6.07, 6.45) is -3.22. The maximum atomic E-state index is 15.8. The van der Waals surface area contributed by atoms with Gasteiger partial charge in [-0.2, -0.15) is 13.2 Å². The first-order valence-corrected chi connectivity index (χ1v) is 13.7. The Kier molecular flexibility index (Phi) is 7.17. The molecule has 0 saturated carbocycles. The SMILES string of the molecule is Nc1nccc(-c2sc(-c3ccc(C(F)(F)F)cc3)nc2-c2cccc(NS(=O)(=O)c3c(F)cccc3F)c2F)n1. The predicted molar refractivity (Wildman–Crippen MR) is 141 cm³/mol. The molecule has 0 spiro atoms. The van der Waals surface area contributed by atoms with Crippen molar-refractivity contribution in [1.82, 2.24) is 15.0 Å². The molecule has 0 aliphatic carbocycles. The third kappa shape index (κ3) is 5.58. The van der Waals surface area contributed by atoms with Gasteiger partial charge in [0.05, 0.1) is 27.5 Å². The fourth-order valence-electron chi connectivity index (χ4n) is 3.83. The highest BCUT2D eigenvalue weighted by atomic mass is 32.2. The van der Waals surface area contributed by atoms with E-state index in [2.05, 4.69) is 15.0 Å². The van der Waals surface area contributed by atoms with Crippen molar-refractivity contribution in [3.63, 3.8) is 0 Å². The van der Waals surface area contributed by atoms with Gasteiger partial charge in [0.1, 0.15) is 16.6 Å². The van der Waals surface area contributed by atoms with E-state index >= 15 is 4.39 Å². The second-order valence-corrected chi connectivity index (χ2v) is 11.0. The molecule has 0 fully saturated rings. The minimum Gasteiger partial charge on any atom is -0.368 e. The number of aromatic nitrogens is 3. The normalized spacial score (nSPS) is 12.0. The molecule has 3 N–H and O–H groups in total. The lowest BCUT2D eigenvalue weighted by Crippen LogP contribution is -2.17. The van der Waals surface area contributed by atoms with Gasteiger partial charge in [-0.25, -0.2) is 36.5 Å². The zero-order valence-corrected chi connectivity index (χ0v) is 21.9. The van der Waals surface area contributed by atoms with Gasteiger partial charge < -0.3 is 5.73 Å². The third-order valence-corrected chi connectivity index (χ3v) is 8.22. The van der Waals surface area contributed by atoms with Crippen LogP contribution in [0.15, 0.2) is 77.8 Å². The number of nitrogen functional groups attached to an aromatic ring is 1. The highest BCUT2D eigenvalue weighted by molar-refractivity contribution is 7.92. The van der Waals surface area contributed by atoms with Gasteiger partial charge in [-0.15, -0.1) is 11.3 Å². The fourth-order valence-corrected chi connectivity index (χ4v) is 6.08. The molecule has 41 heavy (non-hydrogen) atoms. The molecule has 0 amide bonds. The van der Waals surface area contributed by atoms with Crippen LogP contribution in [0, 0.1) is 17.5 Å². The molecule has 0 saturated heterocycles. The summed E-state index contributed by atoms with van der Waals surface area (Å²) < 4.78 is 111. The second-order valence-electron chi connectivity index (χ2n) is 8.40. The summed E-state index contributed by atoms with van der Waals surface area (Å²) >= 11 is 0.968. The Morgan fingerprint density at radius 3 is 2.15 bits per heavy atom. The summed E-state index contributed by atoms with van der Waals surface area (Å²) in [5, 5.41) is 0.194. The van der Waals surface area contributed by atoms with Crippen molar-refractivity contribution >= 4 is 33.0 Å². The van der Waals surface area contributed by atoms with Gasteiger partial charge in [0, 0.05) is 17.3 Å². The molecule has 0 aliphatic rings. The number of sulfonamides is 1. The number of nitrogens with one attached hydrogen (secondary N) is 1. The van der Waals surface area contributed by atoms with E-state index in [1.54, 1.807) is 0 Å². The van der Waals surface area contributed by atoms with E-state index < -0.39 is 49.8 Å². The highest BCUT2D eigenvalue weighted by Crippen LogP contribution is 2.42. The number of alkyl halides is 3. The zero-order valence-electron chi connectivity index (χ0n) is 20.2. The van der Waals surface area contributed by atoms with Crippen molar-refractivity contribution in [1.29, 1.82) is 0 Å². The Morgan fingerprint density at radius 1 is 0.854 bits per heavy atom. The van der Waals surface area contributed by atoms with Gasteiger partial charge in [0.2, 0.25) is 5.95 Å². The predicted octanol–water partition coefficient (Wildman–Crippen LogP) is 6.75. The zero-order chi connectivity index (χ0) is 29.5. The van der Waals surface area contributed by atoms with E-state index in [1.807, 2.05) is 4.72 Å². The molecular weight excluding hydrogens is 592 g/mol. The molecule has 5 aromatic rings. The summed E-state index contributed by atoms with van der Waals surface area (Å²) in [4.78, 5) is 11.3. The minimum absolute atomic E-state index is 0.0429. The van der Waals surface area contributed by atoms with Crippen LogP contribution in [-0.4, -0.2) is 23.4 Å². The molecule has 0 atom stereocenters. The Labute approximate surface area is 232 Å². The topological polar surface area (TPSA) is 111 Å². The van der Waals surface area contributed by atoms with E-state index in [0.29, 0.717) is 0 Å². The van der Waals surface area contributed by atoms with Gasteiger partial charge in [-0.05, 0) is 42.5 Å². The Hall–Kier alpha value is -4.50. The Balaban J connectivity index is 1.63.